The molecule has 6 heteroatoms. The smallest absolute Gasteiger partial charge is 0.344 e. The summed E-state index contributed by atoms with van der Waals surface area (Å²) < 4.78 is 11.3. The van der Waals surface area contributed by atoms with E-state index in [4.69, 9.17) is 19.4 Å². The molecule has 0 radical (unpaired) electrons. The molecule has 0 amide bonds. The van der Waals surface area contributed by atoms with Crippen molar-refractivity contribution in [3.05, 3.63) is 96.2 Å². The van der Waals surface area contributed by atoms with Gasteiger partial charge in [0.2, 0.25) is 0 Å². The largest absolute Gasteiger partial charge is 0.482 e. The van der Waals surface area contributed by atoms with Gasteiger partial charge >= 0.3 is 5.97 Å². The van der Waals surface area contributed by atoms with Crippen LogP contribution in [0, 0.1) is 5.92 Å². The number of carbonyl (C=O) groups is 1. The zero-order valence-corrected chi connectivity index (χ0v) is 23.8. The van der Waals surface area contributed by atoms with E-state index in [2.05, 4.69) is 42.3 Å². The van der Waals surface area contributed by atoms with E-state index in [0.29, 0.717) is 5.92 Å². The molecule has 0 N–H and O–H groups in total. The Balaban J connectivity index is 1.30. The highest BCUT2D eigenvalue weighted by atomic mass is 16.6. The first-order chi connectivity index (χ1) is 19.3. The fourth-order valence-corrected chi connectivity index (χ4v) is 5.30. The molecule has 1 atom stereocenters. The minimum absolute atomic E-state index is 0.0821. The van der Waals surface area contributed by atoms with E-state index in [1.54, 1.807) is 0 Å². The van der Waals surface area contributed by atoms with Crippen molar-refractivity contribution in [3.63, 3.8) is 0 Å². The number of ether oxygens (including phenoxy) is 2. The molecule has 206 valence electrons. The third-order valence-electron chi connectivity index (χ3n) is 7.08. The summed E-state index contributed by atoms with van der Waals surface area (Å²) in [5.74, 6) is 1.76. The van der Waals surface area contributed by atoms with Gasteiger partial charge in [0.15, 0.2) is 6.61 Å². The molecule has 0 saturated heterocycles. The van der Waals surface area contributed by atoms with Crippen molar-refractivity contribution in [1.29, 1.82) is 0 Å². The standard InChI is InChI=1S/C34H37N3O3/c1-34(2,3)40-31(38)23-39-29-17-11-16-27-20-24(18-19-28(27)29)22-37(4)30-21-35-32(25-12-7-5-8-13-25)33(36-30)26-14-9-6-10-15-26/h5-17,21,24H,18-20,22-23H2,1-4H3. The van der Waals surface area contributed by atoms with Gasteiger partial charge in [0.1, 0.15) is 17.2 Å². The molecule has 0 spiro atoms. The lowest BCUT2D eigenvalue weighted by atomic mass is 9.83. The van der Waals surface area contributed by atoms with Gasteiger partial charge in [-0.2, -0.15) is 0 Å². The zero-order valence-electron chi connectivity index (χ0n) is 23.8. The van der Waals surface area contributed by atoms with Crippen LogP contribution >= 0.6 is 0 Å². The first-order valence-corrected chi connectivity index (χ1v) is 13.9. The summed E-state index contributed by atoms with van der Waals surface area (Å²) in [6.07, 6.45) is 4.77. The van der Waals surface area contributed by atoms with Crippen LogP contribution in [0.5, 0.6) is 5.75 Å². The molecule has 40 heavy (non-hydrogen) atoms. The molecule has 0 fully saturated rings. The maximum Gasteiger partial charge on any atom is 0.344 e. The molecular formula is C34H37N3O3. The Bertz CT molecular complexity index is 1450. The summed E-state index contributed by atoms with van der Waals surface area (Å²) in [7, 11) is 2.09. The predicted molar refractivity (Wildman–Crippen MR) is 159 cm³/mol. The molecule has 6 nitrogen and oxygen atoms in total. The fraction of sp³-hybridized carbons (Fsp3) is 0.324. The van der Waals surface area contributed by atoms with Crippen LogP contribution in [0.15, 0.2) is 85.1 Å². The molecule has 4 aromatic rings. The monoisotopic (exact) mass is 535 g/mol. The summed E-state index contributed by atoms with van der Waals surface area (Å²) in [5.41, 5.74) is 5.83. The molecule has 1 unspecified atom stereocenters. The summed E-state index contributed by atoms with van der Waals surface area (Å²) in [4.78, 5) is 24.4. The van der Waals surface area contributed by atoms with Gasteiger partial charge in [0.25, 0.3) is 0 Å². The van der Waals surface area contributed by atoms with Gasteiger partial charge in [-0.3, -0.25) is 4.98 Å². The van der Waals surface area contributed by atoms with Crippen molar-refractivity contribution in [2.24, 2.45) is 5.92 Å². The fourth-order valence-electron chi connectivity index (χ4n) is 5.30. The molecule has 1 aliphatic rings. The van der Waals surface area contributed by atoms with Crippen molar-refractivity contribution in [1.82, 2.24) is 9.97 Å². The highest BCUT2D eigenvalue weighted by Crippen LogP contribution is 2.34. The molecule has 5 rings (SSSR count). The minimum atomic E-state index is -0.524. The molecule has 0 aliphatic heterocycles. The normalized spacial score (nSPS) is 14.8. The van der Waals surface area contributed by atoms with Crippen LogP contribution in [-0.2, 0) is 22.4 Å². The number of esters is 1. The van der Waals surface area contributed by atoms with Crippen LogP contribution in [0.2, 0.25) is 0 Å². The van der Waals surface area contributed by atoms with E-state index in [1.807, 2.05) is 75.5 Å². The lowest BCUT2D eigenvalue weighted by Gasteiger charge is -2.30. The summed E-state index contributed by atoms with van der Waals surface area (Å²) in [6.45, 7) is 6.37. The van der Waals surface area contributed by atoms with Crippen LogP contribution < -0.4 is 9.64 Å². The van der Waals surface area contributed by atoms with Gasteiger partial charge in [-0.1, -0.05) is 72.8 Å². The lowest BCUT2D eigenvalue weighted by molar-refractivity contribution is -0.157. The second kappa shape index (κ2) is 11.9. The Morgan fingerprint density at radius 2 is 1.60 bits per heavy atom. The van der Waals surface area contributed by atoms with Gasteiger partial charge in [-0.15, -0.1) is 0 Å². The topological polar surface area (TPSA) is 64.5 Å². The number of rotatable bonds is 8. The first kappa shape index (κ1) is 27.4. The molecule has 1 aliphatic carbocycles. The second-order valence-corrected chi connectivity index (χ2v) is 11.4. The van der Waals surface area contributed by atoms with Gasteiger partial charge in [0.05, 0.1) is 17.6 Å². The Hall–Kier alpha value is -4.19. The van der Waals surface area contributed by atoms with Crippen LogP contribution in [0.3, 0.4) is 0 Å². The van der Waals surface area contributed by atoms with Crippen LogP contribution in [0.4, 0.5) is 5.82 Å². The van der Waals surface area contributed by atoms with Crippen molar-refractivity contribution >= 4 is 11.8 Å². The lowest BCUT2D eigenvalue weighted by Crippen LogP contribution is -2.30. The van der Waals surface area contributed by atoms with E-state index in [1.165, 1.54) is 11.1 Å². The molecule has 0 saturated carbocycles. The van der Waals surface area contributed by atoms with Crippen molar-refractivity contribution in [2.75, 3.05) is 25.1 Å². The predicted octanol–water partition coefficient (Wildman–Crippen LogP) is 6.77. The van der Waals surface area contributed by atoms with E-state index in [0.717, 1.165) is 59.9 Å². The highest BCUT2D eigenvalue weighted by molar-refractivity contribution is 5.78. The van der Waals surface area contributed by atoms with Crippen LogP contribution in [-0.4, -0.2) is 41.7 Å². The van der Waals surface area contributed by atoms with Gasteiger partial charge in [0, 0.05) is 24.7 Å². The van der Waals surface area contributed by atoms with E-state index < -0.39 is 5.60 Å². The average molecular weight is 536 g/mol. The van der Waals surface area contributed by atoms with Crippen molar-refractivity contribution in [3.8, 4) is 28.3 Å². The third kappa shape index (κ3) is 6.68. The van der Waals surface area contributed by atoms with Crippen molar-refractivity contribution < 1.29 is 14.3 Å². The summed E-state index contributed by atoms with van der Waals surface area (Å²) >= 11 is 0. The molecule has 0 bridgehead atoms. The van der Waals surface area contributed by atoms with E-state index in [-0.39, 0.29) is 12.6 Å². The number of benzene rings is 3. The number of hydrogen-bond acceptors (Lipinski definition) is 6. The Labute approximate surface area is 237 Å². The van der Waals surface area contributed by atoms with Gasteiger partial charge in [-0.25, -0.2) is 9.78 Å². The zero-order chi connectivity index (χ0) is 28.1. The number of carbonyl (C=O) groups excluding carboxylic acids is 1. The SMILES string of the molecule is CN(CC1CCc2c(cccc2OCC(=O)OC(C)(C)C)C1)c1cnc(-c2ccccc2)c(-c2ccccc2)n1. The molecular weight excluding hydrogens is 498 g/mol. The van der Waals surface area contributed by atoms with E-state index in [9.17, 15) is 4.79 Å². The molecule has 1 aromatic heterocycles. The Morgan fingerprint density at radius 1 is 0.925 bits per heavy atom. The van der Waals surface area contributed by atoms with E-state index >= 15 is 0 Å². The number of aromatic nitrogens is 2. The molecule has 3 aromatic carbocycles. The number of anilines is 1. The highest BCUT2D eigenvalue weighted by Gasteiger charge is 2.24. The maximum atomic E-state index is 12.2. The molecule has 1 heterocycles. The first-order valence-electron chi connectivity index (χ1n) is 13.9. The van der Waals surface area contributed by atoms with Gasteiger partial charge in [-0.05, 0) is 63.1 Å². The number of hydrogen-bond donors (Lipinski definition) is 0. The Kier molecular flexibility index (Phi) is 8.15. The summed E-state index contributed by atoms with van der Waals surface area (Å²) in [6, 6.07) is 26.6. The number of nitrogens with zero attached hydrogens (tertiary/aromatic N) is 3. The Morgan fingerprint density at radius 3 is 2.27 bits per heavy atom. The second-order valence-electron chi connectivity index (χ2n) is 11.4. The quantitative estimate of drug-likeness (QED) is 0.232. The average Bonchev–Trinajstić information content (AvgIpc) is 2.95. The van der Waals surface area contributed by atoms with Crippen LogP contribution in [0.25, 0.3) is 22.5 Å². The third-order valence-corrected chi connectivity index (χ3v) is 7.08. The number of fused-ring (bicyclic) bond motifs is 1. The minimum Gasteiger partial charge on any atom is -0.482 e. The van der Waals surface area contributed by atoms with Gasteiger partial charge < -0.3 is 14.4 Å². The summed E-state index contributed by atoms with van der Waals surface area (Å²) in [5, 5.41) is 0. The van der Waals surface area contributed by atoms with Crippen LogP contribution in [0.1, 0.15) is 38.3 Å². The van der Waals surface area contributed by atoms with Crippen molar-refractivity contribution in [2.45, 2.75) is 45.6 Å². The maximum absolute atomic E-state index is 12.2.